The van der Waals surface area contributed by atoms with Crippen LogP contribution in [0.25, 0.3) is 0 Å². The van der Waals surface area contributed by atoms with Crippen molar-refractivity contribution in [2.24, 2.45) is 0 Å². The lowest BCUT2D eigenvalue weighted by atomic mass is 9.95. The predicted molar refractivity (Wildman–Crippen MR) is 110 cm³/mol. The number of sulfonamides is 1. The van der Waals surface area contributed by atoms with E-state index >= 15 is 0 Å². The van der Waals surface area contributed by atoms with Crippen LogP contribution in [-0.4, -0.2) is 29.1 Å². The summed E-state index contributed by atoms with van der Waals surface area (Å²) in [5.74, 6) is 1.24. The number of benzene rings is 2. The third-order valence-corrected chi connectivity index (χ3v) is 7.31. The van der Waals surface area contributed by atoms with Gasteiger partial charge in [0.05, 0.1) is 26.8 Å². The Balaban J connectivity index is 1.95. The van der Waals surface area contributed by atoms with Crippen LogP contribution >= 0.6 is 0 Å². The van der Waals surface area contributed by atoms with Gasteiger partial charge in [0.25, 0.3) is 0 Å². The van der Waals surface area contributed by atoms with Crippen LogP contribution < -0.4 is 9.47 Å². The molecule has 2 aromatic carbocycles. The molecule has 5 nitrogen and oxygen atoms in total. The number of ether oxygens (including phenoxy) is 2. The molecule has 0 aromatic heterocycles. The van der Waals surface area contributed by atoms with Gasteiger partial charge in [-0.05, 0) is 49.6 Å². The summed E-state index contributed by atoms with van der Waals surface area (Å²) in [7, 11) is -0.412. The second-order valence-corrected chi connectivity index (χ2v) is 9.24. The highest BCUT2D eigenvalue weighted by molar-refractivity contribution is 7.95. The smallest absolute Gasteiger partial charge is 0.175 e. The van der Waals surface area contributed by atoms with Crippen LogP contribution in [0, 0.1) is 6.92 Å². The zero-order chi connectivity index (χ0) is 20.1. The normalized spacial score (nSPS) is 17.3. The lowest BCUT2D eigenvalue weighted by molar-refractivity contribution is 0.228. The monoisotopic (exact) mass is 403 g/mol. The fourth-order valence-corrected chi connectivity index (χ4v) is 5.46. The Morgan fingerprint density at radius 3 is 2.25 bits per heavy atom. The van der Waals surface area contributed by atoms with Crippen molar-refractivity contribution in [3.05, 3.63) is 53.6 Å². The van der Waals surface area contributed by atoms with E-state index in [9.17, 15) is 8.76 Å². The molecular weight excluding hydrogens is 374 g/mol. The van der Waals surface area contributed by atoms with Crippen LogP contribution in [-0.2, 0) is 21.2 Å². The molecule has 1 fully saturated rings. The van der Waals surface area contributed by atoms with Crippen LogP contribution in [0.4, 0.5) is 0 Å². The molecule has 0 heterocycles. The third kappa shape index (κ3) is 4.57. The van der Waals surface area contributed by atoms with Crippen molar-refractivity contribution in [3.63, 3.8) is 0 Å². The maximum atomic E-state index is 13.5. The molecule has 0 amide bonds. The molecule has 0 N–H and O–H groups in total. The number of rotatable bonds is 7. The Hall–Kier alpha value is -1.89. The van der Waals surface area contributed by atoms with Crippen molar-refractivity contribution in [1.29, 1.82) is 0 Å². The molecule has 0 aliphatic heterocycles. The van der Waals surface area contributed by atoms with Crippen molar-refractivity contribution in [1.82, 2.24) is 4.31 Å². The minimum absolute atomic E-state index is 0.0214. The van der Waals surface area contributed by atoms with Crippen LogP contribution in [0.3, 0.4) is 0 Å². The lowest BCUT2D eigenvalue weighted by Crippen LogP contribution is -2.44. The summed E-state index contributed by atoms with van der Waals surface area (Å²) in [5.41, 5.74) is 1.93. The second-order valence-electron chi connectivity index (χ2n) is 7.34. The molecule has 6 heteroatoms. The van der Waals surface area contributed by atoms with Gasteiger partial charge in [0.15, 0.2) is 26.8 Å². The number of hydrogen-bond acceptors (Lipinski definition) is 4. The van der Waals surface area contributed by atoms with E-state index in [1.165, 1.54) is 6.42 Å². The fraction of sp³-hybridized carbons (Fsp3) is 0.455. The fourth-order valence-electron chi connectivity index (χ4n) is 3.78. The zero-order valence-corrected chi connectivity index (χ0v) is 17.7. The Morgan fingerprint density at radius 2 is 1.64 bits per heavy atom. The third-order valence-electron chi connectivity index (χ3n) is 5.40. The highest BCUT2D eigenvalue weighted by atomic mass is 32.3. The summed E-state index contributed by atoms with van der Waals surface area (Å²) < 4.78 is 39.4. The van der Waals surface area contributed by atoms with Crippen LogP contribution in [0.5, 0.6) is 11.5 Å². The summed E-state index contributed by atoms with van der Waals surface area (Å²) in [6.45, 7) is 2.28. The maximum Gasteiger partial charge on any atom is 0.175 e. The second kappa shape index (κ2) is 9.07. The molecule has 28 heavy (non-hydrogen) atoms. The lowest BCUT2D eigenvalue weighted by Gasteiger charge is -2.36. The van der Waals surface area contributed by atoms with Crippen LogP contribution in [0.2, 0.25) is 0 Å². The van der Waals surface area contributed by atoms with Gasteiger partial charge in [-0.15, -0.1) is 4.31 Å². The van der Waals surface area contributed by atoms with Crippen molar-refractivity contribution in [2.45, 2.75) is 56.5 Å². The molecule has 0 saturated heterocycles. The van der Waals surface area contributed by atoms with Crippen LogP contribution in [0.1, 0.15) is 43.2 Å². The van der Waals surface area contributed by atoms with E-state index in [1.54, 1.807) is 30.7 Å². The standard InChI is InChI=1S/C22H29NO4S/c1-17-9-12-20(13-10-17)28(24,25)23(19-7-5-4-6-8-19)16-18-11-14-21(26-2)22(15-18)27-3/h9-15,19H,4-8,16H2,1-3H3. The molecule has 152 valence electrons. The molecule has 1 unspecified atom stereocenters. The number of hydrogen-bond donors (Lipinski definition) is 0. The van der Waals surface area contributed by atoms with Crippen molar-refractivity contribution in [3.8, 4) is 11.5 Å². The van der Waals surface area contributed by atoms with E-state index < -0.39 is 10.4 Å². The minimum atomic E-state index is -3.59. The van der Waals surface area contributed by atoms with E-state index in [-0.39, 0.29) is 6.04 Å². The topological polar surface area (TPSA) is 61.8 Å². The molecule has 1 aliphatic carbocycles. The first-order chi connectivity index (χ1) is 13.5. The number of methoxy groups -OCH3 is 2. The Kier molecular flexibility index (Phi) is 6.75. The summed E-state index contributed by atoms with van der Waals surface area (Å²) >= 11 is 0. The van der Waals surface area contributed by atoms with Gasteiger partial charge in [0.1, 0.15) is 0 Å². The highest BCUT2D eigenvalue weighted by Crippen LogP contribution is 2.34. The minimum Gasteiger partial charge on any atom is -0.593 e. The largest absolute Gasteiger partial charge is 0.593 e. The molecule has 0 radical (unpaired) electrons. The van der Waals surface area contributed by atoms with Gasteiger partial charge in [-0.25, -0.2) is 0 Å². The van der Waals surface area contributed by atoms with Gasteiger partial charge in [0.2, 0.25) is 0 Å². The van der Waals surface area contributed by atoms with E-state index in [0.29, 0.717) is 22.9 Å². The average molecular weight is 404 g/mol. The molecule has 0 spiro atoms. The van der Waals surface area contributed by atoms with Crippen molar-refractivity contribution < 1.29 is 18.2 Å². The molecule has 3 rings (SSSR count). The van der Waals surface area contributed by atoms with Crippen LogP contribution in [0.15, 0.2) is 47.4 Å². The van der Waals surface area contributed by atoms with E-state index in [4.69, 9.17) is 9.47 Å². The first-order valence-electron chi connectivity index (χ1n) is 9.75. The molecule has 1 saturated carbocycles. The quantitative estimate of drug-likeness (QED) is 0.626. The van der Waals surface area contributed by atoms with E-state index in [2.05, 4.69) is 0 Å². The van der Waals surface area contributed by atoms with Gasteiger partial charge in [-0.3, -0.25) is 0 Å². The summed E-state index contributed by atoms with van der Waals surface area (Å²) in [4.78, 5) is 0.351. The van der Waals surface area contributed by atoms with Crippen molar-refractivity contribution >= 4 is 10.4 Å². The van der Waals surface area contributed by atoms with Gasteiger partial charge in [0, 0.05) is 0 Å². The first-order valence-corrected chi connectivity index (χ1v) is 11.2. The Bertz CT molecular complexity index is 831. The zero-order valence-electron chi connectivity index (χ0n) is 16.8. The average Bonchev–Trinajstić information content (AvgIpc) is 2.72. The molecule has 2 aromatic rings. The van der Waals surface area contributed by atoms with Crippen molar-refractivity contribution in [2.75, 3.05) is 14.2 Å². The SMILES string of the molecule is COc1ccc(CN(C2CCCCC2)[S+](=O)([O-])c2ccc(C)cc2)cc1OC. The van der Waals surface area contributed by atoms with Gasteiger partial charge < -0.3 is 14.0 Å². The van der Waals surface area contributed by atoms with E-state index in [1.807, 2.05) is 37.3 Å². The predicted octanol–water partition coefficient (Wildman–Crippen LogP) is 4.75. The number of nitrogens with zero attached hydrogens (tertiary/aromatic N) is 1. The molecule has 1 atom stereocenters. The molecular formula is C22H29NO4S. The first kappa shape index (κ1) is 20.8. The van der Waals surface area contributed by atoms with E-state index in [0.717, 1.165) is 36.8 Å². The summed E-state index contributed by atoms with van der Waals surface area (Å²) in [6.07, 6.45) is 5.11. The molecule has 0 bridgehead atoms. The molecule has 1 aliphatic rings. The maximum absolute atomic E-state index is 13.5. The van der Waals surface area contributed by atoms with Gasteiger partial charge in [-0.2, -0.15) is 0 Å². The van der Waals surface area contributed by atoms with Gasteiger partial charge in [-0.1, -0.05) is 47.2 Å². The van der Waals surface area contributed by atoms with Gasteiger partial charge >= 0.3 is 0 Å². The highest BCUT2D eigenvalue weighted by Gasteiger charge is 2.37. The summed E-state index contributed by atoms with van der Waals surface area (Å²) in [6, 6.07) is 12.7. The Morgan fingerprint density at radius 1 is 1.00 bits per heavy atom. The summed E-state index contributed by atoms with van der Waals surface area (Å²) in [5, 5.41) is 0. The Labute approximate surface area is 169 Å². The number of aryl methyl sites for hydroxylation is 1.